The maximum Gasteiger partial charge on any atom is 0.323 e. The lowest BCUT2D eigenvalue weighted by Gasteiger charge is -2.31. The topological polar surface area (TPSA) is 118 Å². The molecule has 4 rings (SSSR count). The number of nitrogens with one attached hydrogen (secondary N) is 3. The summed E-state index contributed by atoms with van der Waals surface area (Å²) in [7, 11) is 1.71. The van der Waals surface area contributed by atoms with Gasteiger partial charge in [-0.15, -0.1) is 0 Å². The van der Waals surface area contributed by atoms with E-state index in [0.29, 0.717) is 18.8 Å². The van der Waals surface area contributed by atoms with Crippen molar-refractivity contribution in [2.75, 3.05) is 30.9 Å². The molecule has 10 nitrogen and oxygen atoms in total. The summed E-state index contributed by atoms with van der Waals surface area (Å²) >= 11 is 5.12. The molecule has 3 aromatic rings. The van der Waals surface area contributed by atoms with Gasteiger partial charge in [0.05, 0.1) is 6.42 Å². The van der Waals surface area contributed by atoms with Crippen LogP contribution in [0.4, 0.5) is 25.1 Å². The zero-order valence-corrected chi connectivity index (χ0v) is 21.8. The summed E-state index contributed by atoms with van der Waals surface area (Å²) in [5.41, 5.74) is 0.891. The molecule has 0 aliphatic carbocycles. The largest absolute Gasteiger partial charge is 0.436 e. The van der Waals surface area contributed by atoms with Crippen LogP contribution in [-0.2, 0) is 16.0 Å². The Labute approximate surface area is 228 Å². The van der Waals surface area contributed by atoms with E-state index in [0.717, 1.165) is 18.9 Å². The van der Waals surface area contributed by atoms with Crippen molar-refractivity contribution in [3.05, 3.63) is 72.1 Å². The predicted octanol–water partition coefficient (Wildman–Crippen LogP) is 4.25. The minimum atomic E-state index is -0.719. The molecule has 0 bridgehead atoms. The molecular formula is C26H26F2N6O4S. The fraction of sp³-hybridized carbons (Fsp3) is 0.269. The number of amides is 3. The number of urea groups is 1. The van der Waals surface area contributed by atoms with Crippen LogP contribution in [0.3, 0.4) is 0 Å². The van der Waals surface area contributed by atoms with Gasteiger partial charge in [-0.05, 0) is 54.9 Å². The fourth-order valence-corrected chi connectivity index (χ4v) is 4.03. The third-order valence-corrected chi connectivity index (χ3v) is 6.08. The molecule has 0 radical (unpaired) electrons. The van der Waals surface area contributed by atoms with Crippen molar-refractivity contribution in [2.24, 2.45) is 0 Å². The van der Waals surface area contributed by atoms with Crippen molar-refractivity contribution in [3.8, 4) is 11.6 Å². The number of ether oxygens (including phenoxy) is 2. The van der Waals surface area contributed by atoms with Crippen LogP contribution in [0.15, 0.2) is 54.9 Å². The van der Waals surface area contributed by atoms with Gasteiger partial charge < -0.3 is 25.0 Å². The van der Waals surface area contributed by atoms with E-state index >= 15 is 0 Å². The first kappa shape index (κ1) is 27.8. The molecule has 0 atom stereocenters. The van der Waals surface area contributed by atoms with Gasteiger partial charge in [0.2, 0.25) is 11.8 Å². The van der Waals surface area contributed by atoms with Gasteiger partial charge in [0.25, 0.3) is 0 Å². The van der Waals surface area contributed by atoms with Crippen molar-refractivity contribution in [1.29, 1.82) is 0 Å². The second kappa shape index (κ2) is 13.0. The number of hydrogen-bond donors (Lipinski definition) is 3. The van der Waals surface area contributed by atoms with Gasteiger partial charge in [-0.2, -0.15) is 0 Å². The molecule has 39 heavy (non-hydrogen) atoms. The van der Waals surface area contributed by atoms with Crippen molar-refractivity contribution < 1.29 is 27.8 Å². The van der Waals surface area contributed by atoms with Crippen LogP contribution in [0.25, 0.3) is 0 Å². The lowest BCUT2D eigenvalue weighted by atomic mass is 10.1. The van der Waals surface area contributed by atoms with Gasteiger partial charge in [0.1, 0.15) is 18.0 Å². The van der Waals surface area contributed by atoms with E-state index in [1.807, 2.05) is 0 Å². The Morgan fingerprint density at radius 2 is 1.82 bits per heavy atom. The van der Waals surface area contributed by atoms with E-state index in [2.05, 4.69) is 25.9 Å². The SMILES string of the molecule is CN(C(=O)Nc1cc(Oc2ccc(NC(=S)NC(=O)Cc3ccc(F)cc3)cc2F)ncn1)C1CCOCC1. The quantitative estimate of drug-likeness (QED) is 0.370. The van der Waals surface area contributed by atoms with Gasteiger partial charge in [-0.25, -0.2) is 23.5 Å². The van der Waals surface area contributed by atoms with Crippen molar-refractivity contribution in [2.45, 2.75) is 25.3 Å². The summed E-state index contributed by atoms with van der Waals surface area (Å²) in [4.78, 5) is 34.4. The van der Waals surface area contributed by atoms with E-state index in [-0.39, 0.29) is 46.7 Å². The van der Waals surface area contributed by atoms with Gasteiger partial charge in [-0.1, -0.05) is 12.1 Å². The third kappa shape index (κ3) is 8.12. The van der Waals surface area contributed by atoms with Crippen LogP contribution >= 0.6 is 12.2 Å². The predicted molar refractivity (Wildman–Crippen MR) is 144 cm³/mol. The monoisotopic (exact) mass is 556 g/mol. The van der Waals surface area contributed by atoms with E-state index in [1.165, 1.54) is 48.8 Å². The molecule has 204 valence electrons. The number of aromatic nitrogens is 2. The Hall–Kier alpha value is -4.23. The Morgan fingerprint density at radius 3 is 2.54 bits per heavy atom. The number of benzene rings is 2. The molecule has 2 aromatic carbocycles. The summed E-state index contributed by atoms with van der Waals surface area (Å²) in [5, 5.41) is 7.87. The molecule has 3 amide bonds. The molecule has 1 fully saturated rings. The molecule has 1 saturated heterocycles. The molecule has 3 N–H and O–H groups in total. The van der Waals surface area contributed by atoms with Gasteiger partial charge in [-0.3, -0.25) is 10.1 Å². The van der Waals surface area contributed by atoms with Crippen LogP contribution in [0.5, 0.6) is 11.6 Å². The highest BCUT2D eigenvalue weighted by Crippen LogP contribution is 2.26. The molecule has 2 heterocycles. The Balaban J connectivity index is 1.30. The molecule has 1 aliphatic rings. The Morgan fingerprint density at radius 1 is 1.08 bits per heavy atom. The molecule has 13 heteroatoms. The minimum absolute atomic E-state index is 0.00353. The molecule has 1 aliphatic heterocycles. The van der Waals surface area contributed by atoms with Crippen molar-refractivity contribution >= 4 is 40.8 Å². The average molecular weight is 557 g/mol. The standard InChI is InChI=1S/C26H26F2N6O4S/c1-34(19-8-10-37-11-9-19)26(36)32-22-14-24(30-15-29-22)38-21-7-6-18(13-20(21)28)31-25(39)33-23(35)12-16-2-4-17(27)5-3-16/h2-7,13-15,19H,8-12H2,1H3,(H,29,30,32,36)(H2,31,33,35,39). The lowest BCUT2D eigenvalue weighted by molar-refractivity contribution is -0.119. The number of carbonyl (C=O) groups excluding carboxylic acids is 2. The maximum atomic E-state index is 14.7. The maximum absolute atomic E-state index is 14.7. The number of thiocarbonyl (C=S) groups is 1. The van der Waals surface area contributed by atoms with Crippen LogP contribution in [0.1, 0.15) is 18.4 Å². The van der Waals surface area contributed by atoms with Gasteiger partial charge in [0.15, 0.2) is 16.7 Å². The van der Waals surface area contributed by atoms with E-state index in [4.69, 9.17) is 21.7 Å². The number of halogens is 2. The van der Waals surface area contributed by atoms with E-state index < -0.39 is 17.5 Å². The number of hydrogen-bond acceptors (Lipinski definition) is 7. The normalized spacial score (nSPS) is 13.3. The highest BCUT2D eigenvalue weighted by molar-refractivity contribution is 7.80. The minimum Gasteiger partial charge on any atom is -0.436 e. The highest BCUT2D eigenvalue weighted by Gasteiger charge is 2.23. The Bertz CT molecular complexity index is 1340. The highest BCUT2D eigenvalue weighted by atomic mass is 32.1. The van der Waals surface area contributed by atoms with Crippen LogP contribution < -0.4 is 20.7 Å². The number of anilines is 2. The van der Waals surface area contributed by atoms with Gasteiger partial charge >= 0.3 is 6.03 Å². The summed E-state index contributed by atoms with van der Waals surface area (Å²) in [6.07, 6.45) is 2.69. The number of nitrogens with zero attached hydrogens (tertiary/aromatic N) is 3. The summed E-state index contributed by atoms with van der Waals surface area (Å²) in [5.74, 6) is -1.43. The first-order chi connectivity index (χ1) is 18.8. The number of rotatable bonds is 7. The van der Waals surface area contributed by atoms with E-state index in [1.54, 1.807) is 11.9 Å². The zero-order valence-electron chi connectivity index (χ0n) is 20.9. The molecule has 0 spiro atoms. The smallest absolute Gasteiger partial charge is 0.323 e. The average Bonchev–Trinajstić information content (AvgIpc) is 2.91. The van der Waals surface area contributed by atoms with Crippen LogP contribution in [0.2, 0.25) is 0 Å². The molecule has 0 unspecified atom stereocenters. The first-order valence-corrected chi connectivity index (χ1v) is 12.4. The van der Waals surface area contributed by atoms with Crippen LogP contribution in [-0.4, -0.2) is 58.2 Å². The second-order valence-electron chi connectivity index (χ2n) is 8.68. The van der Waals surface area contributed by atoms with Crippen molar-refractivity contribution in [1.82, 2.24) is 20.2 Å². The molecular weight excluding hydrogens is 530 g/mol. The zero-order chi connectivity index (χ0) is 27.8. The number of carbonyl (C=O) groups is 2. The molecule has 0 saturated carbocycles. The summed E-state index contributed by atoms with van der Waals surface area (Å²) in [6.45, 7) is 1.21. The molecule has 1 aromatic heterocycles. The van der Waals surface area contributed by atoms with E-state index in [9.17, 15) is 18.4 Å². The fourth-order valence-electron chi connectivity index (χ4n) is 3.79. The summed E-state index contributed by atoms with van der Waals surface area (Å²) < 4.78 is 38.6. The third-order valence-electron chi connectivity index (χ3n) is 5.87. The first-order valence-electron chi connectivity index (χ1n) is 12.0. The Kier molecular flexibility index (Phi) is 9.28. The lowest BCUT2D eigenvalue weighted by Crippen LogP contribution is -2.42. The summed E-state index contributed by atoms with van der Waals surface area (Å²) in [6, 6.07) is 10.6. The van der Waals surface area contributed by atoms with Crippen LogP contribution in [0, 0.1) is 11.6 Å². The second-order valence-corrected chi connectivity index (χ2v) is 9.09. The van der Waals surface area contributed by atoms with Gasteiger partial charge in [0, 0.05) is 44.1 Å². The van der Waals surface area contributed by atoms with Crippen molar-refractivity contribution in [3.63, 3.8) is 0 Å².